The molecule has 0 aliphatic heterocycles. The molecule has 2 rings (SSSR count). The molecule has 0 fully saturated rings. The summed E-state index contributed by atoms with van der Waals surface area (Å²) in [6.45, 7) is 2.00. The zero-order valence-electron chi connectivity index (χ0n) is 10.0. The lowest BCUT2D eigenvalue weighted by molar-refractivity contribution is 0.167. The second-order valence-corrected chi connectivity index (χ2v) is 4.21. The number of aromatic hydroxyl groups is 1. The van der Waals surface area contributed by atoms with Gasteiger partial charge in [0, 0.05) is 12.0 Å². The van der Waals surface area contributed by atoms with Crippen molar-refractivity contribution in [2.45, 2.75) is 19.4 Å². The summed E-state index contributed by atoms with van der Waals surface area (Å²) in [6, 6.07) is 3.74. The van der Waals surface area contributed by atoms with Crippen molar-refractivity contribution in [1.82, 2.24) is 0 Å². The summed E-state index contributed by atoms with van der Waals surface area (Å²) in [7, 11) is 0. The number of phenolic OH excluding ortho intramolecular Hbond substituents is 1. The minimum absolute atomic E-state index is 0.0963. The van der Waals surface area contributed by atoms with Crippen molar-refractivity contribution in [2.75, 3.05) is 0 Å². The third-order valence-electron chi connectivity index (χ3n) is 2.91. The Morgan fingerprint density at radius 2 is 2.17 bits per heavy atom. The smallest absolute Gasteiger partial charge is 0.165 e. The quantitative estimate of drug-likeness (QED) is 0.867. The van der Waals surface area contributed by atoms with Crippen molar-refractivity contribution >= 4 is 0 Å². The minimum Gasteiger partial charge on any atom is -0.505 e. The molecule has 4 heteroatoms. The first-order chi connectivity index (χ1) is 8.60. The van der Waals surface area contributed by atoms with Gasteiger partial charge >= 0.3 is 0 Å². The van der Waals surface area contributed by atoms with Crippen LogP contribution in [0, 0.1) is 11.7 Å². The molecule has 0 saturated heterocycles. The zero-order chi connectivity index (χ0) is 13.1. The molecule has 0 heterocycles. The number of benzene rings is 1. The molecule has 0 saturated carbocycles. The van der Waals surface area contributed by atoms with Crippen LogP contribution in [0.15, 0.2) is 42.2 Å². The first-order valence-corrected chi connectivity index (χ1v) is 5.84. The van der Waals surface area contributed by atoms with Crippen LogP contribution < -0.4 is 4.74 Å². The monoisotopic (exact) mass is 250 g/mol. The number of aliphatic hydroxyl groups excluding tert-OH is 1. The topological polar surface area (TPSA) is 49.7 Å². The van der Waals surface area contributed by atoms with Gasteiger partial charge in [-0.25, -0.2) is 4.39 Å². The molecule has 96 valence electrons. The van der Waals surface area contributed by atoms with Crippen molar-refractivity contribution in [3.05, 3.63) is 48.0 Å². The van der Waals surface area contributed by atoms with Gasteiger partial charge in [0.1, 0.15) is 11.5 Å². The molecule has 3 nitrogen and oxygen atoms in total. The predicted molar refractivity (Wildman–Crippen MR) is 65.7 cm³/mol. The van der Waals surface area contributed by atoms with E-state index >= 15 is 0 Å². The van der Waals surface area contributed by atoms with Gasteiger partial charge in [0.15, 0.2) is 11.6 Å². The standard InChI is InChI=1S/C14H15FO3/c1-2-9-3-4-10(7-13(9)16)18-11-5-6-12(15)14(17)8-11/h3-9,13,16-17H,2H2,1H3. The second-order valence-electron chi connectivity index (χ2n) is 4.21. The number of halogens is 1. The lowest BCUT2D eigenvalue weighted by Crippen LogP contribution is -2.19. The van der Waals surface area contributed by atoms with Crippen LogP contribution in [0.3, 0.4) is 0 Å². The first kappa shape index (κ1) is 12.6. The third kappa shape index (κ3) is 2.71. The van der Waals surface area contributed by atoms with Crippen LogP contribution in [0.1, 0.15) is 13.3 Å². The summed E-state index contributed by atoms with van der Waals surface area (Å²) >= 11 is 0. The van der Waals surface area contributed by atoms with Crippen LogP contribution in [-0.4, -0.2) is 16.3 Å². The SMILES string of the molecule is CCC1C=CC(Oc2ccc(F)c(O)c2)=CC1O. The van der Waals surface area contributed by atoms with Gasteiger partial charge in [-0.2, -0.15) is 0 Å². The summed E-state index contributed by atoms with van der Waals surface area (Å²) in [5, 5.41) is 19.0. The molecule has 1 aliphatic rings. The predicted octanol–water partition coefficient (Wildman–Crippen LogP) is 2.75. The molecule has 0 radical (unpaired) electrons. The van der Waals surface area contributed by atoms with Crippen molar-refractivity contribution in [1.29, 1.82) is 0 Å². The molecular weight excluding hydrogens is 235 g/mol. The van der Waals surface area contributed by atoms with E-state index in [9.17, 15) is 14.6 Å². The molecule has 0 amide bonds. The number of allylic oxidation sites excluding steroid dienone is 1. The van der Waals surface area contributed by atoms with Crippen molar-refractivity contribution in [3.8, 4) is 11.5 Å². The van der Waals surface area contributed by atoms with E-state index in [4.69, 9.17) is 4.74 Å². The van der Waals surface area contributed by atoms with Gasteiger partial charge in [-0.15, -0.1) is 0 Å². The molecule has 18 heavy (non-hydrogen) atoms. The molecule has 0 spiro atoms. The van der Waals surface area contributed by atoms with Crippen LogP contribution in [0.4, 0.5) is 4.39 Å². The van der Waals surface area contributed by atoms with Crippen LogP contribution in [0.25, 0.3) is 0 Å². The fraction of sp³-hybridized carbons (Fsp3) is 0.286. The molecule has 0 bridgehead atoms. The number of hydrogen-bond acceptors (Lipinski definition) is 3. The first-order valence-electron chi connectivity index (χ1n) is 5.84. The summed E-state index contributed by atoms with van der Waals surface area (Å²) < 4.78 is 18.3. The lowest BCUT2D eigenvalue weighted by Gasteiger charge is -2.20. The third-order valence-corrected chi connectivity index (χ3v) is 2.91. The highest BCUT2D eigenvalue weighted by atomic mass is 19.1. The van der Waals surface area contributed by atoms with Crippen LogP contribution >= 0.6 is 0 Å². The molecule has 2 N–H and O–H groups in total. The Bertz CT molecular complexity index is 494. The van der Waals surface area contributed by atoms with E-state index in [1.54, 1.807) is 12.2 Å². The highest BCUT2D eigenvalue weighted by molar-refractivity contribution is 5.36. The van der Waals surface area contributed by atoms with Crippen LogP contribution in [-0.2, 0) is 0 Å². The fourth-order valence-corrected chi connectivity index (χ4v) is 1.82. The molecule has 1 aromatic rings. The van der Waals surface area contributed by atoms with Gasteiger partial charge in [0.25, 0.3) is 0 Å². The number of rotatable bonds is 3. The Hall–Kier alpha value is -1.81. The summed E-state index contributed by atoms with van der Waals surface area (Å²) in [5.41, 5.74) is 0. The maximum atomic E-state index is 12.9. The van der Waals surface area contributed by atoms with Gasteiger partial charge in [0.05, 0.1) is 6.10 Å². The van der Waals surface area contributed by atoms with E-state index in [1.165, 1.54) is 12.1 Å². The van der Waals surface area contributed by atoms with Gasteiger partial charge in [-0.05, 0) is 30.7 Å². The Kier molecular flexibility index (Phi) is 3.67. The van der Waals surface area contributed by atoms with E-state index in [2.05, 4.69) is 0 Å². The highest BCUT2D eigenvalue weighted by Gasteiger charge is 2.17. The number of hydrogen-bond donors (Lipinski definition) is 2. The van der Waals surface area contributed by atoms with Crippen LogP contribution in [0.5, 0.6) is 11.5 Å². The fourth-order valence-electron chi connectivity index (χ4n) is 1.82. The van der Waals surface area contributed by atoms with Gasteiger partial charge in [-0.1, -0.05) is 13.0 Å². The maximum absolute atomic E-state index is 12.9. The Morgan fingerprint density at radius 1 is 1.39 bits per heavy atom. The number of phenols is 1. The Labute approximate surface area is 105 Å². The highest BCUT2D eigenvalue weighted by Crippen LogP contribution is 2.26. The molecule has 1 aromatic carbocycles. The van der Waals surface area contributed by atoms with E-state index in [1.807, 2.05) is 13.0 Å². The summed E-state index contributed by atoms with van der Waals surface area (Å²) in [5.74, 6) is -0.245. The number of aliphatic hydroxyl groups is 1. The molecule has 2 atom stereocenters. The summed E-state index contributed by atoms with van der Waals surface area (Å²) in [6.07, 6.45) is 5.52. The van der Waals surface area contributed by atoms with E-state index in [0.29, 0.717) is 11.5 Å². The average molecular weight is 250 g/mol. The molecular formula is C14H15FO3. The van der Waals surface area contributed by atoms with Gasteiger partial charge < -0.3 is 14.9 Å². The van der Waals surface area contributed by atoms with Crippen molar-refractivity contribution in [3.63, 3.8) is 0 Å². The molecule has 1 aliphatic carbocycles. The van der Waals surface area contributed by atoms with E-state index in [-0.39, 0.29) is 5.92 Å². The normalized spacial score (nSPS) is 22.7. The van der Waals surface area contributed by atoms with Crippen molar-refractivity contribution < 1.29 is 19.3 Å². The molecule has 0 aromatic heterocycles. The van der Waals surface area contributed by atoms with Crippen molar-refractivity contribution in [2.24, 2.45) is 5.92 Å². The lowest BCUT2D eigenvalue weighted by atomic mass is 9.94. The second kappa shape index (κ2) is 5.23. The number of ether oxygens (including phenoxy) is 1. The Morgan fingerprint density at radius 3 is 2.78 bits per heavy atom. The van der Waals surface area contributed by atoms with Gasteiger partial charge in [-0.3, -0.25) is 0 Å². The average Bonchev–Trinajstić information content (AvgIpc) is 2.34. The van der Waals surface area contributed by atoms with E-state index in [0.717, 1.165) is 12.5 Å². The van der Waals surface area contributed by atoms with E-state index < -0.39 is 17.7 Å². The minimum atomic E-state index is -0.693. The van der Waals surface area contributed by atoms with Crippen LogP contribution in [0.2, 0.25) is 0 Å². The maximum Gasteiger partial charge on any atom is 0.165 e. The summed E-state index contributed by atoms with van der Waals surface area (Å²) in [4.78, 5) is 0. The largest absolute Gasteiger partial charge is 0.505 e. The Balaban J connectivity index is 2.11. The van der Waals surface area contributed by atoms with Gasteiger partial charge in [0.2, 0.25) is 0 Å². The molecule has 2 unspecified atom stereocenters. The zero-order valence-corrected chi connectivity index (χ0v) is 10.0.